The number of hydrogen-bond acceptors (Lipinski definition) is 3. The van der Waals surface area contributed by atoms with E-state index in [2.05, 4.69) is 26.2 Å². The number of rotatable bonds is 4. The Labute approximate surface area is 123 Å². The average molecular weight is 338 g/mol. The summed E-state index contributed by atoms with van der Waals surface area (Å²) in [6, 6.07) is 10.0. The zero-order chi connectivity index (χ0) is 14.7. The zero-order valence-electron chi connectivity index (χ0n) is 10.6. The third-order valence-corrected chi connectivity index (χ3v) is 3.24. The van der Waals surface area contributed by atoms with Gasteiger partial charge in [-0.15, -0.1) is 0 Å². The highest BCUT2D eigenvalue weighted by molar-refractivity contribution is 9.09. The molecule has 0 saturated carbocycles. The normalized spacial score (nSPS) is 11.9. The summed E-state index contributed by atoms with van der Waals surface area (Å²) in [6.45, 7) is 1.95. The zero-order valence-corrected chi connectivity index (χ0v) is 12.2. The Kier molecular flexibility index (Phi) is 4.19. The second-order valence-electron chi connectivity index (χ2n) is 4.17. The van der Waals surface area contributed by atoms with Crippen LogP contribution in [0.15, 0.2) is 36.4 Å². The number of amides is 1. The molecule has 20 heavy (non-hydrogen) atoms. The van der Waals surface area contributed by atoms with Gasteiger partial charge in [0.05, 0.1) is 0 Å². The maximum absolute atomic E-state index is 12.0. The fourth-order valence-corrected chi connectivity index (χ4v) is 2.17. The van der Waals surface area contributed by atoms with Gasteiger partial charge in [-0.3, -0.25) is 4.79 Å². The first-order valence-electron chi connectivity index (χ1n) is 5.87. The molecule has 0 aliphatic rings. The maximum Gasteiger partial charge on any atom is 0.321 e. The molecule has 0 bridgehead atoms. The van der Waals surface area contributed by atoms with Crippen LogP contribution < -0.4 is 5.32 Å². The molecule has 0 spiro atoms. The van der Waals surface area contributed by atoms with E-state index in [9.17, 15) is 14.9 Å². The van der Waals surface area contributed by atoms with Gasteiger partial charge in [0, 0.05) is 16.6 Å². The number of H-pyrrole nitrogens is 1. The lowest BCUT2D eigenvalue weighted by atomic mass is 10.1. The largest absolute Gasteiger partial charge is 0.358 e. The lowest BCUT2D eigenvalue weighted by Gasteiger charge is -2.11. The SMILES string of the molecule is CC(Br)c1ccccc1NC(=O)c1ccc([N+](=O)[O-])[nH]1. The number of carbonyl (C=O) groups excluding carboxylic acids is 1. The Bertz CT molecular complexity index is 652. The van der Waals surface area contributed by atoms with E-state index < -0.39 is 10.8 Å². The molecule has 0 aliphatic heterocycles. The summed E-state index contributed by atoms with van der Waals surface area (Å²) in [4.78, 5) is 24.6. The van der Waals surface area contributed by atoms with E-state index in [1.165, 1.54) is 12.1 Å². The summed E-state index contributed by atoms with van der Waals surface area (Å²) in [5.74, 6) is -0.629. The first kappa shape index (κ1) is 14.3. The van der Waals surface area contributed by atoms with Gasteiger partial charge in [-0.2, -0.15) is 0 Å². The number of aromatic amines is 1. The number of carbonyl (C=O) groups is 1. The minimum atomic E-state index is -0.578. The average Bonchev–Trinajstić information content (AvgIpc) is 2.89. The van der Waals surface area contributed by atoms with Gasteiger partial charge in [-0.25, -0.2) is 4.98 Å². The molecule has 0 radical (unpaired) electrons. The van der Waals surface area contributed by atoms with E-state index in [1.54, 1.807) is 6.07 Å². The number of benzene rings is 1. The van der Waals surface area contributed by atoms with Gasteiger partial charge in [0.25, 0.3) is 5.91 Å². The number of anilines is 1. The molecule has 1 amide bonds. The highest BCUT2D eigenvalue weighted by Crippen LogP contribution is 2.28. The van der Waals surface area contributed by atoms with E-state index in [0.717, 1.165) is 5.56 Å². The van der Waals surface area contributed by atoms with E-state index in [4.69, 9.17) is 0 Å². The molecule has 1 heterocycles. The van der Waals surface area contributed by atoms with E-state index >= 15 is 0 Å². The van der Waals surface area contributed by atoms with Gasteiger partial charge >= 0.3 is 5.82 Å². The van der Waals surface area contributed by atoms with Crippen LogP contribution in [0.2, 0.25) is 0 Å². The molecule has 2 aromatic rings. The van der Waals surface area contributed by atoms with Crippen molar-refractivity contribution in [1.82, 2.24) is 4.98 Å². The highest BCUT2D eigenvalue weighted by Gasteiger charge is 2.17. The molecule has 0 aliphatic carbocycles. The highest BCUT2D eigenvalue weighted by atomic mass is 79.9. The molecule has 0 fully saturated rings. The number of nitro groups is 1. The first-order valence-corrected chi connectivity index (χ1v) is 6.78. The first-order chi connectivity index (χ1) is 9.49. The number of hydrogen-bond donors (Lipinski definition) is 2. The summed E-state index contributed by atoms with van der Waals surface area (Å²) in [5.41, 5.74) is 1.75. The molecule has 1 aromatic heterocycles. The third-order valence-electron chi connectivity index (χ3n) is 2.75. The van der Waals surface area contributed by atoms with Crippen molar-refractivity contribution in [3.63, 3.8) is 0 Å². The van der Waals surface area contributed by atoms with Gasteiger partial charge < -0.3 is 15.4 Å². The predicted molar refractivity (Wildman–Crippen MR) is 79.2 cm³/mol. The number of nitrogens with zero attached hydrogens (tertiary/aromatic N) is 1. The summed E-state index contributed by atoms with van der Waals surface area (Å²) in [5, 5.41) is 13.3. The number of alkyl halides is 1. The van der Waals surface area contributed by atoms with Crippen LogP contribution >= 0.6 is 15.9 Å². The van der Waals surface area contributed by atoms with Crippen LogP contribution in [0.1, 0.15) is 27.8 Å². The van der Waals surface area contributed by atoms with Crippen molar-refractivity contribution >= 4 is 33.3 Å². The van der Waals surface area contributed by atoms with Crippen molar-refractivity contribution < 1.29 is 9.72 Å². The molecule has 1 atom stereocenters. The molecule has 1 aromatic carbocycles. The lowest BCUT2D eigenvalue weighted by Crippen LogP contribution is -2.13. The van der Waals surface area contributed by atoms with E-state index in [0.29, 0.717) is 5.69 Å². The quantitative estimate of drug-likeness (QED) is 0.507. The summed E-state index contributed by atoms with van der Waals surface area (Å²) in [6.07, 6.45) is 0. The van der Waals surface area contributed by atoms with Crippen molar-refractivity contribution in [3.8, 4) is 0 Å². The lowest BCUT2D eigenvalue weighted by molar-refractivity contribution is -0.389. The van der Waals surface area contributed by atoms with Gasteiger partial charge in [0.15, 0.2) is 5.69 Å². The minimum absolute atomic E-state index is 0.0805. The topological polar surface area (TPSA) is 88.0 Å². The maximum atomic E-state index is 12.0. The molecular formula is C13H12BrN3O3. The Morgan fingerprint density at radius 2 is 2.05 bits per heavy atom. The number of para-hydroxylation sites is 1. The van der Waals surface area contributed by atoms with Crippen molar-refractivity contribution in [2.75, 3.05) is 5.32 Å². The van der Waals surface area contributed by atoms with Crippen LogP contribution in [0, 0.1) is 10.1 Å². The van der Waals surface area contributed by atoms with Crippen LogP contribution in [0.3, 0.4) is 0 Å². The fourth-order valence-electron chi connectivity index (χ4n) is 1.77. The van der Waals surface area contributed by atoms with Crippen LogP contribution in [0.25, 0.3) is 0 Å². The molecule has 7 heteroatoms. The molecule has 1 unspecified atom stereocenters. The monoisotopic (exact) mass is 337 g/mol. The summed E-state index contributed by atoms with van der Waals surface area (Å²) < 4.78 is 0. The Morgan fingerprint density at radius 3 is 2.65 bits per heavy atom. The van der Waals surface area contributed by atoms with Crippen molar-refractivity contribution in [1.29, 1.82) is 0 Å². The Morgan fingerprint density at radius 1 is 1.35 bits per heavy atom. The van der Waals surface area contributed by atoms with Gasteiger partial charge in [0.2, 0.25) is 0 Å². The van der Waals surface area contributed by atoms with Crippen LogP contribution in [-0.2, 0) is 0 Å². The summed E-state index contributed by atoms with van der Waals surface area (Å²) >= 11 is 3.45. The Balaban J connectivity index is 2.21. The fraction of sp³-hybridized carbons (Fsp3) is 0.154. The second-order valence-corrected chi connectivity index (χ2v) is 5.55. The van der Waals surface area contributed by atoms with Crippen LogP contribution in [-0.4, -0.2) is 15.8 Å². The summed E-state index contributed by atoms with van der Waals surface area (Å²) in [7, 11) is 0. The van der Waals surface area contributed by atoms with Crippen molar-refractivity contribution in [3.05, 3.63) is 57.8 Å². The van der Waals surface area contributed by atoms with Crippen molar-refractivity contribution in [2.24, 2.45) is 0 Å². The third kappa shape index (κ3) is 3.05. The molecule has 0 saturated heterocycles. The number of halogens is 1. The van der Waals surface area contributed by atoms with Gasteiger partial charge in [-0.1, -0.05) is 34.1 Å². The molecule has 104 valence electrons. The van der Waals surface area contributed by atoms with E-state index in [-0.39, 0.29) is 16.3 Å². The predicted octanol–water partition coefficient (Wildman–Crippen LogP) is 3.63. The molecule has 2 N–H and O–H groups in total. The standard InChI is InChI=1S/C13H12BrN3O3/c1-8(14)9-4-2-3-5-10(9)16-13(18)11-6-7-12(15-11)17(19)20/h2-8,15H,1H3,(H,16,18). The number of aromatic nitrogens is 1. The van der Waals surface area contributed by atoms with Crippen LogP contribution in [0.5, 0.6) is 0 Å². The second kappa shape index (κ2) is 5.87. The number of nitrogens with one attached hydrogen (secondary N) is 2. The smallest absolute Gasteiger partial charge is 0.321 e. The molecule has 2 rings (SSSR count). The minimum Gasteiger partial charge on any atom is -0.358 e. The van der Waals surface area contributed by atoms with Gasteiger partial charge in [0.1, 0.15) is 0 Å². The van der Waals surface area contributed by atoms with Crippen LogP contribution in [0.4, 0.5) is 11.5 Å². The van der Waals surface area contributed by atoms with Gasteiger partial charge in [-0.05, 0) is 29.5 Å². The Hall–Kier alpha value is -2.15. The molecular weight excluding hydrogens is 326 g/mol. The van der Waals surface area contributed by atoms with E-state index in [1.807, 2.05) is 25.1 Å². The van der Waals surface area contributed by atoms with Crippen molar-refractivity contribution in [2.45, 2.75) is 11.8 Å². The molecule has 6 nitrogen and oxygen atoms in total.